The molecule has 0 bridgehead atoms. The SMILES string of the molecule is COc1cc(OC)c2c(c1Cl)O[C@@]1(C(=O)C3=C(C[C@H]1C)Nc1c(c(=O)n(C)c(=O)n1C)C3c1ccsc1)C2=O. The Morgan fingerprint density at radius 2 is 1.82 bits per heavy atom. The lowest BCUT2D eigenvalue weighted by atomic mass is 9.66. The number of hydrogen-bond acceptors (Lipinski definition) is 9. The highest BCUT2D eigenvalue weighted by Crippen LogP contribution is 2.56. The Hall–Kier alpha value is -3.83. The van der Waals surface area contributed by atoms with Gasteiger partial charge in [0.2, 0.25) is 17.2 Å². The van der Waals surface area contributed by atoms with E-state index in [2.05, 4.69) is 5.32 Å². The molecule has 0 saturated carbocycles. The Morgan fingerprint density at radius 1 is 1.10 bits per heavy atom. The van der Waals surface area contributed by atoms with E-state index in [1.54, 1.807) is 14.0 Å². The van der Waals surface area contributed by atoms with Gasteiger partial charge in [0.25, 0.3) is 5.56 Å². The number of carbonyl (C=O) groups is 2. The van der Waals surface area contributed by atoms with Gasteiger partial charge in [-0.1, -0.05) is 18.5 Å². The topological polar surface area (TPSA) is 118 Å². The summed E-state index contributed by atoms with van der Waals surface area (Å²) in [5.74, 6) is -1.82. The van der Waals surface area contributed by atoms with Gasteiger partial charge in [-0.3, -0.25) is 23.5 Å². The average Bonchev–Trinajstić information content (AvgIpc) is 3.57. The number of Topliss-reactive ketones (excluding diaryl/α,β-unsaturated/α-hetero) is 2. The number of carbonyl (C=O) groups excluding carboxylic acids is 2. The number of allylic oxidation sites excluding steroid dienone is 1. The second kappa shape index (κ2) is 8.59. The zero-order valence-corrected chi connectivity index (χ0v) is 23.3. The van der Waals surface area contributed by atoms with Crippen LogP contribution >= 0.6 is 22.9 Å². The van der Waals surface area contributed by atoms with E-state index in [1.165, 1.54) is 43.2 Å². The summed E-state index contributed by atoms with van der Waals surface area (Å²) in [6.45, 7) is 1.75. The number of fused-ring (bicyclic) bond motifs is 2. The van der Waals surface area contributed by atoms with Crippen LogP contribution in [0.15, 0.2) is 43.8 Å². The van der Waals surface area contributed by atoms with Gasteiger partial charge >= 0.3 is 5.69 Å². The molecule has 0 amide bonds. The van der Waals surface area contributed by atoms with Gasteiger partial charge in [0, 0.05) is 43.3 Å². The van der Waals surface area contributed by atoms with E-state index in [9.17, 15) is 19.2 Å². The third kappa shape index (κ3) is 3.14. The van der Waals surface area contributed by atoms with Crippen LogP contribution in [-0.4, -0.2) is 40.5 Å². The highest BCUT2D eigenvalue weighted by atomic mass is 35.5. The van der Waals surface area contributed by atoms with Crippen molar-refractivity contribution in [3.05, 3.63) is 76.7 Å². The van der Waals surface area contributed by atoms with Gasteiger partial charge in [-0.2, -0.15) is 11.3 Å². The van der Waals surface area contributed by atoms with E-state index in [4.69, 9.17) is 25.8 Å². The van der Waals surface area contributed by atoms with Crippen LogP contribution in [0.4, 0.5) is 5.82 Å². The van der Waals surface area contributed by atoms with Crippen molar-refractivity contribution in [3.63, 3.8) is 0 Å². The lowest BCUT2D eigenvalue weighted by molar-refractivity contribution is -0.130. The number of methoxy groups -OCH3 is 2. The molecular formula is C27H24ClN3O7S. The van der Waals surface area contributed by atoms with Crippen molar-refractivity contribution < 1.29 is 23.8 Å². The first-order valence-corrected chi connectivity index (χ1v) is 13.5. The number of aromatic nitrogens is 2. The van der Waals surface area contributed by atoms with E-state index in [1.807, 2.05) is 16.8 Å². The van der Waals surface area contributed by atoms with Gasteiger partial charge in [-0.15, -0.1) is 0 Å². The third-order valence-electron chi connectivity index (χ3n) is 7.95. The van der Waals surface area contributed by atoms with Gasteiger partial charge in [-0.25, -0.2) is 4.79 Å². The van der Waals surface area contributed by atoms with Crippen molar-refractivity contribution in [2.24, 2.45) is 20.0 Å². The van der Waals surface area contributed by atoms with Crippen molar-refractivity contribution in [3.8, 4) is 17.2 Å². The Bertz CT molecular complexity index is 1750. The summed E-state index contributed by atoms with van der Waals surface area (Å²) in [6.07, 6.45) is 0.237. The van der Waals surface area contributed by atoms with E-state index in [0.717, 1.165) is 4.57 Å². The molecule has 1 unspecified atom stereocenters. The maximum absolute atomic E-state index is 14.7. The minimum Gasteiger partial charge on any atom is -0.496 e. The fourth-order valence-corrected chi connectivity index (χ4v) is 6.91. The smallest absolute Gasteiger partial charge is 0.332 e. The molecule has 4 heterocycles. The molecule has 0 saturated heterocycles. The van der Waals surface area contributed by atoms with Crippen molar-refractivity contribution in [2.45, 2.75) is 24.9 Å². The van der Waals surface area contributed by atoms with Crippen LogP contribution < -0.4 is 30.8 Å². The summed E-state index contributed by atoms with van der Waals surface area (Å²) >= 11 is 7.98. The first-order valence-electron chi connectivity index (χ1n) is 12.1. The molecule has 3 atom stereocenters. The molecule has 1 aliphatic carbocycles. The largest absolute Gasteiger partial charge is 0.496 e. The Kier molecular flexibility index (Phi) is 5.60. The molecule has 1 N–H and O–H groups in total. The van der Waals surface area contributed by atoms with Crippen molar-refractivity contribution in [1.82, 2.24) is 9.13 Å². The fourth-order valence-electron chi connectivity index (χ4n) is 5.96. The summed E-state index contributed by atoms with van der Waals surface area (Å²) in [7, 11) is 5.80. The summed E-state index contributed by atoms with van der Waals surface area (Å²) in [6, 6.07) is 3.31. The highest BCUT2D eigenvalue weighted by molar-refractivity contribution is 7.08. The first-order chi connectivity index (χ1) is 18.6. The molecule has 3 aliphatic rings. The van der Waals surface area contributed by atoms with Crippen molar-refractivity contribution >= 4 is 40.3 Å². The minimum absolute atomic E-state index is 0.0247. The van der Waals surface area contributed by atoms with Crippen LogP contribution in [0.25, 0.3) is 0 Å². The monoisotopic (exact) mass is 569 g/mol. The molecule has 10 nitrogen and oxygen atoms in total. The van der Waals surface area contributed by atoms with E-state index < -0.39 is 40.3 Å². The molecule has 2 aliphatic heterocycles. The number of nitrogens with one attached hydrogen (secondary N) is 1. The fraction of sp³-hybridized carbons (Fsp3) is 0.333. The summed E-state index contributed by atoms with van der Waals surface area (Å²) < 4.78 is 19.5. The second-order valence-electron chi connectivity index (χ2n) is 9.88. The van der Waals surface area contributed by atoms with Crippen molar-refractivity contribution in [1.29, 1.82) is 0 Å². The molecule has 202 valence electrons. The molecule has 12 heteroatoms. The summed E-state index contributed by atoms with van der Waals surface area (Å²) in [5, 5.41) is 6.95. The Morgan fingerprint density at radius 3 is 2.46 bits per heavy atom. The molecular weight excluding hydrogens is 546 g/mol. The van der Waals surface area contributed by atoms with Gasteiger partial charge in [-0.05, 0) is 28.8 Å². The van der Waals surface area contributed by atoms with Crippen LogP contribution in [0.5, 0.6) is 17.2 Å². The van der Waals surface area contributed by atoms with E-state index >= 15 is 0 Å². The maximum atomic E-state index is 14.7. The van der Waals surface area contributed by atoms with Gasteiger partial charge in [0.05, 0.1) is 19.8 Å². The van der Waals surface area contributed by atoms with Crippen LogP contribution in [0.1, 0.15) is 40.7 Å². The molecule has 1 aromatic carbocycles. The predicted molar refractivity (Wildman–Crippen MR) is 145 cm³/mol. The molecule has 3 aromatic rings. The number of ether oxygens (including phenoxy) is 3. The standard InChI is InChI=1S/C27H24ClN3O7S/c1-11-8-13-17(16(12-6-7-39-10-12)19-24(29-13)30(2)26(35)31(3)25(19)34)22(32)27(11)23(33)18-14(36-4)9-15(37-5)20(28)21(18)38-27/h6-7,9-11,16,29H,8H2,1-5H3/t11-,16?,27+/m1/s1. The summed E-state index contributed by atoms with van der Waals surface area (Å²) in [4.78, 5) is 55.1. The number of rotatable bonds is 3. The van der Waals surface area contributed by atoms with Crippen LogP contribution in [0, 0.1) is 5.92 Å². The normalized spacial score (nSPS) is 23.2. The average molecular weight is 570 g/mol. The van der Waals surface area contributed by atoms with Crippen LogP contribution in [0.3, 0.4) is 0 Å². The van der Waals surface area contributed by atoms with Crippen LogP contribution in [0.2, 0.25) is 5.02 Å². The van der Waals surface area contributed by atoms with Crippen LogP contribution in [-0.2, 0) is 18.9 Å². The van der Waals surface area contributed by atoms with Gasteiger partial charge in [0.15, 0.2) is 5.75 Å². The number of hydrogen-bond donors (Lipinski definition) is 1. The molecule has 0 radical (unpaired) electrons. The predicted octanol–water partition coefficient (Wildman–Crippen LogP) is 3.25. The minimum atomic E-state index is -1.93. The van der Waals surface area contributed by atoms with E-state index in [0.29, 0.717) is 17.1 Å². The number of nitrogens with zero attached hydrogens (tertiary/aromatic N) is 2. The Balaban J connectivity index is 1.60. The number of ketones is 2. The number of thiophene rings is 1. The molecule has 2 aromatic heterocycles. The number of benzene rings is 1. The maximum Gasteiger partial charge on any atom is 0.332 e. The van der Waals surface area contributed by atoms with Gasteiger partial charge < -0.3 is 19.5 Å². The number of anilines is 1. The Labute approximate surface area is 231 Å². The molecule has 1 spiro atoms. The second-order valence-corrected chi connectivity index (χ2v) is 11.0. The highest BCUT2D eigenvalue weighted by Gasteiger charge is 2.63. The first kappa shape index (κ1) is 25.4. The van der Waals surface area contributed by atoms with E-state index in [-0.39, 0.29) is 45.4 Å². The van der Waals surface area contributed by atoms with Gasteiger partial charge in [0.1, 0.15) is 27.9 Å². The lowest BCUT2D eigenvalue weighted by Gasteiger charge is -2.42. The number of halogens is 1. The molecule has 39 heavy (non-hydrogen) atoms. The lowest BCUT2D eigenvalue weighted by Crippen LogP contribution is -2.58. The third-order valence-corrected chi connectivity index (χ3v) is 9.01. The molecule has 0 fully saturated rings. The van der Waals surface area contributed by atoms with Crippen molar-refractivity contribution in [2.75, 3.05) is 19.5 Å². The summed E-state index contributed by atoms with van der Waals surface area (Å²) in [5.41, 5.74) is -1.15. The zero-order chi connectivity index (χ0) is 28.0. The molecule has 6 rings (SSSR count). The quantitative estimate of drug-likeness (QED) is 0.478. The zero-order valence-electron chi connectivity index (χ0n) is 21.7.